The highest BCUT2D eigenvalue weighted by Crippen LogP contribution is 2.39. The second kappa shape index (κ2) is 8.62. The van der Waals surface area contributed by atoms with Crippen molar-refractivity contribution < 1.29 is 37.3 Å². The summed E-state index contributed by atoms with van der Waals surface area (Å²) in [5.74, 6) is -0.0986. The Bertz CT molecular complexity index is 700. The van der Waals surface area contributed by atoms with Gasteiger partial charge in [0.25, 0.3) is 0 Å². The number of halogens is 2. The highest BCUT2D eigenvalue weighted by atomic mass is 19.3. The molecule has 7 nitrogen and oxygen atoms in total. The summed E-state index contributed by atoms with van der Waals surface area (Å²) in [5.41, 5.74) is 0.757. The van der Waals surface area contributed by atoms with E-state index in [0.29, 0.717) is 18.9 Å². The first kappa shape index (κ1) is 20.2. The van der Waals surface area contributed by atoms with Crippen LogP contribution >= 0.6 is 0 Å². The molecule has 0 N–H and O–H groups in total. The van der Waals surface area contributed by atoms with Crippen molar-refractivity contribution in [2.45, 2.75) is 37.8 Å². The lowest BCUT2D eigenvalue weighted by Gasteiger charge is -2.20. The summed E-state index contributed by atoms with van der Waals surface area (Å²) < 4.78 is 45.2. The Balaban J connectivity index is 1.81. The number of hydrogen-bond acceptors (Lipinski definition) is 6. The van der Waals surface area contributed by atoms with Crippen LogP contribution in [0.4, 0.5) is 13.6 Å². The van der Waals surface area contributed by atoms with E-state index in [4.69, 9.17) is 14.2 Å². The zero-order valence-corrected chi connectivity index (χ0v) is 15.7. The molecule has 1 aliphatic carbocycles. The standard InChI is InChI=1S/C19H23F2NO6/c1-25-17(23)14-7-13(9-22(14)19(24)26-2)12-5-6-15(28-18(20)21)16(8-12)27-10-11-3-4-11/h5-6,8,11,13-14,18H,3-4,7,9-10H2,1-2H3. The lowest BCUT2D eigenvalue weighted by molar-refractivity contribution is -0.145. The fourth-order valence-corrected chi connectivity index (χ4v) is 3.33. The lowest BCUT2D eigenvalue weighted by Crippen LogP contribution is -2.41. The number of carbonyl (C=O) groups is 2. The van der Waals surface area contributed by atoms with Gasteiger partial charge >= 0.3 is 18.7 Å². The molecule has 1 aromatic carbocycles. The molecule has 0 bridgehead atoms. The molecule has 1 aromatic rings. The number of carbonyl (C=O) groups excluding carboxylic acids is 2. The summed E-state index contributed by atoms with van der Waals surface area (Å²) >= 11 is 0. The molecule has 2 atom stereocenters. The minimum atomic E-state index is -2.96. The third-order valence-corrected chi connectivity index (χ3v) is 5.01. The minimum Gasteiger partial charge on any atom is -0.489 e. The molecule has 2 aliphatic rings. The van der Waals surface area contributed by atoms with E-state index in [1.54, 1.807) is 12.1 Å². The number of likely N-dealkylation sites (tertiary alicyclic amines) is 1. The predicted octanol–water partition coefficient (Wildman–Crippen LogP) is 3.17. The van der Waals surface area contributed by atoms with Gasteiger partial charge in [0.15, 0.2) is 11.5 Å². The van der Waals surface area contributed by atoms with Gasteiger partial charge in [-0.3, -0.25) is 4.90 Å². The SMILES string of the molecule is COC(=O)C1CC(c2ccc(OC(F)F)c(OCC3CC3)c2)CN1C(=O)OC. The molecule has 9 heteroatoms. The fraction of sp³-hybridized carbons (Fsp3) is 0.579. The third kappa shape index (κ3) is 4.63. The van der Waals surface area contributed by atoms with Crippen molar-refractivity contribution in [1.29, 1.82) is 0 Å². The number of methoxy groups -OCH3 is 2. The molecule has 1 saturated carbocycles. The van der Waals surface area contributed by atoms with Crippen molar-refractivity contribution in [3.05, 3.63) is 23.8 Å². The second-order valence-corrected chi connectivity index (χ2v) is 6.93. The van der Waals surface area contributed by atoms with Crippen LogP contribution in [0.5, 0.6) is 11.5 Å². The van der Waals surface area contributed by atoms with E-state index in [1.807, 2.05) is 0 Å². The molecule has 2 fully saturated rings. The molecule has 0 aromatic heterocycles. The topological polar surface area (TPSA) is 74.3 Å². The highest BCUT2D eigenvalue weighted by molar-refractivity contribution is 5.82. The van der Waals surface area contributed by atoms with Crippen molar-refractivity contribution in [3.63, 3.8) is 0 Å². The van der Waals surface area contributed by atoms with Gasteiger partial charge in [0.05, 0.1) is 20.8 Å². The summed E-state index contributed by atoms with van der Waals surface area (Å²) in [4.78, 5) is 25.4. The average molecular weight is 399 g/mol. The van der Waals surface area contributed by atoms with Gasteiger partial charge in [0.1, 0.15) is 6.04 Å². The monoisotopic (exact) mass is 399 g/mol. The van der Waals surface area contributed by atoms with Crippen LogP contribution in [0.15, 0.2) is 18.2 Å². The predicted molar refractivity (Wildman–Crippen MR) is 93.6 cm³/mol. The molecule has 0 spiro atoms. The van der Waals surface area contributed by atoms with Gasteiger partial charge in [-0.25, -0.2) is 9.59 Å². The molecule has 28 heavy (non-hydrogen) atoms. The Hall–Kier alpha value is -2.58. The number of alkyl halides is 2. The molecule has 1 aliphatic heterocycles. The molecule has 0 radical (unpaired) electrons. The molecule has 1 heterocycles. The van der Waals surface area contributed by atoms with Gasteiger partial charge in [-0.2, -0.15) is 8.78 Å². The normalized spacial score (nSPS) is 21.5. The molecule has 154 valence electrons. The quantitative estimate of drug-likeness (QED) is 0.656. The van der Waals surface area contributed by atoms with Gasteiger partial charge in [-0.15, -0.1) is 0 Å². The molecular weight excluding hydrogens is 376 g/mol. The maximum atomic E-state index is 12.7. The summed E-state index contributed by atoms with van der Waals surface area (Å²) in [6.07, 6.45) is 1.82. The van der Waals surface area contributed by atoms with Crippen LogP contribution < -0.4 is 9.47 Å². The van der Waals surface area contributed by atoms with Crippen molar-refractivity contribution in [2.24, 2.45) is 5.92 Å². The van der Waals surface area contributed by atoms with Gasteiger partial charge in [-0.1, -0.05) is 6.07 Å². The van der Waals surface area contributed by atoms with Crippen molar-refractivity contribution >= 4 is 12.1 Å². The van der Waals surface area contributed by atoms with E-state index in [9.17, 15) is 18.4 Å². The first-order valence-corrected chi connectivity index (χ1v) is 9.06. The van der Waals surface area contributed by atoms with Crippen LogP contribution in [0.25, 0.3) is 0 Å². The lowest BCUT2D eigenvalue weighted by atomic mass is 9.96. The maximum absolute atomic E-state index is 12.7. The van der Waals surface area contributed by atoms with Crippen LogP contribution in [0.1, 0.15) is 30.7 Å². The Morgan fingerprint density at radius 1 is 1.18 bits per heavy atom. The summed E-state index contributed by atoms with van der Waals surface area (Å²) in [5, 5.41) is 0. The van der Waals surface area contributed by atoms with E-state index in [1.165, 1.54) is 25.2 Å². The fourth-order valence-electron chi connectivity index (χ4n) is 3.33. The molecule has 1 saturated heterocycles. The molecular formula is C19H23F2NO6. The zero-order chi connectivity index (χ0) is 20.3. The molecule has 2 unspecified atom stereocenters. The largest absolute Gasteiger partial charge is 0.489 e. The Kier molecular flexibility index (Phi) is 6.21. The Labute approximate surface area is 161 Å². The second-order valence-electron chi connectivity index (χ2n) is 6.93. The number of hydrogen-bond donors (Lipinski definition) is 0. The van der Waals surface area contributed by atoms with Gasteiger partial charge in [0.2, 0.25) is 0 Å². The number of benzene rings is 1. The van der Waals surface area contributed by atoms with Gasteiger partial charge < -0.3 is 18.9 Å². The van der Waals surface area contributed by atoms with Crippen molar-refractivity contribution in [2.75, 3.05) is 27.4 Å². The summed E-state index contributed by atoms with van der Waals surface area (Å²) in [7, 11) is 2.50. The first-order chi connectivity index (χ1) is 13.4. The molecule has 1 amide bonds. The maximum Gasteiger partial charge on any atom is 0.410 e. The van der Waals surface area contributed by atoms with Crippen LogP contribution in [0, 0.1) is 5.92 Å². The number of nitrogens with zero attached hydrogens (tertiary/aromatic N) is 1. The Morgan fingerprint density at radius 2 is 1.93 bits per heavy atom. The highest BCUT2D eigenvalue weighted by Gasteiger charge is 2.41. The van der Waals surface area contributed by atoms with Gasteiger partial charge in [-0.05, 0) is 42.9 Å². The van der Waals surface area contributed by atoms with Crippen molar-refractivity contribution in [3.8, 4) is 11.5 Å². The van der Waals surface area contributed by atoms with E-state index in [-0.39, 0.29) is 24.0 Å². The summed E-state index contributed by atoms with van der Waals surface area (Å²) in [6.45, 7) is -2.28. The van der Waals surface area contributed by atoms with Gasteiger partial charge in [0, 0.05) is 12.5 Å². The van der Waals surface area contributed by atoms with E-state index in [0.717, 1.165) is 18.4 Å². The van der Waals surface area contributed by atoms with Crippen LogP contribution in [0.3, 0.4) is 0 Å². The van der Waals surface area contributed by atoms with E-state index in [2.05, 4.69) is 4.74 Å². The minimum absolute atomic E-state index is 0.0354. The van der Waals surface area contributed by atoms with E-state index >= 15 is 0 Å². The first-order valence-electron chi connectivity index (χ1n) is 9.06. The number of amides is 1. The van der Waals surface area contributed by atoms with Crippen LogP contribution in [-0.2, 0) is 14.3 Å². The smallest absolute Gasteiger partial charge is 0.410 e. The van der Waals surface area contributed by atoms with E-state index < -0.39 is 24.7 Å². The summed E-state index contributed by atoms with van der Waals surface area (Å²) in [6, 6.07) is 3.94. The number of rotatable bonds is 7. The average Bonchev–Trinajstić information content (AvgIpc) is 3.41. The number of ether oxygens (including phenoxy) is 4. The van der Waals surface area contributed by atoms with Crippen LogP contribution in [0.2, 0.25) is 0 Å². The zero-order valence-electron chi connectivity index (χ0n) is 15.7. The third-order valence-electron chi connectivity index (χ3n) is 5.01. The molecule has 3 rings (SSSR count). The van der Waals surface area contributed by atoms with Crippen molar-refractivity contribution in [1.82, 2.24) is 4.90 Å². The van der Waals surface area contributed by atoms with Crippen LogP contribution in [-0.4, -0.2) is 57.0 Å². The number of esters is 1. The Morgan fingerprint density at radius 3 is 2.54 bits per heavy atom.